The molecule has 0 saturated carbocycles. The van der Waals surface area contributed by atoms with Gasteiger partial charge in [-0.25, -0.2) is 4.79 Å². The third kappa shape index (κ3) is 6.94. The van der Waals surface area contributed by atoms with Crippen LogP contribution in [0.2, 0.25) is 0 Å². The number of fused-ring (bicyclic) bond motifs is 3. The topological polar surface area (TPSA) is 78.7 Å². The molecule has 2 aliphatic heterocycles. The summed E-state index contributed by atoms with van der Waals surface area (Å²) in [7, 11) is 0. The number of hydrogen-bond acceptors (Lipinski definition) is 4. The van der Waals surface area contributed by atoms with Gasteiger partial charge in [0.1, 0.15) is 0 Å². The summed E-state index contributed by atoms with van der Waals surface area (Å²) in [5.41, 5.74) is 4.90. The number of nitrogens with zero attached hydrogens (tertiary/aromatic N) is 4. The van der Waals surface area contributed by atoms with Crippen molar-refractivity contribution in [2.45, 2.75) is 71.3 Å². The van der Waals surface area contributed by atoms with Gasteiger partial charge in [-0.3, -0.25) is 9.78 Å². The molecule has 1 amide bonds. The molecule has 0 aliphatic carbocycles. The predicted molar refractivity (Wildman–Crippen MR) is 169 cm³/mol. The van der Waals surface area contributed by atoms with E-state index in [1.54, 1.807) is 6.07 Å². The number of piperazine rings is 1. The highest BCUT2D eigenvalue weighted by molar-refractivity contribution is 5.95. The Morgan fingerprint density at radius 1 is 0.952 bits per heavy atom. The number of allylic oxidation sites excluding steroid dienone is 4. The Morgan fingerprint density at radius 3 is 2.48 bits per heavy atom. The maximum absolute atomic E-state index is 14.1. The SMILES string of the molecule is CCCCCCCc1c2n(c3cc(C(=O)O)ccc13)CC(C(=O)N1CCN(c3ccncc3)CC1)CC/C=C\C=C/C2. The van der Waals surface area contributed by atoms with Gasteiger partial charge in [0.05, 0.1) is 11.5 Å². The Balaban J connectivity index is 1.44. The molecule has 0 radical (unpaired) electrons. The fourth-order valence-corrected chi connectivity index (χ4v) is 6.47. The first kappa shape index (κ1) is 29.6. The maximum Gasteiger partial charge on any atom is 0.335 e. The van der Waals surface area contributed by atoms with E-state index in [0.29, 0.717) is 25.2 Å². The first-order chi connectivity index (χ1) is 20.6. The second-order valence-electron chi connectivity index (χ2n) is 11.6. The van der Waals surface area contributed by atoms with Crippen molar-refractivity contribution >= 4 is 28.5 Å². The van der Waals surface area contributed by atoms with Gasteiger partial charge < -0.3 is 19.5 Å². The average molecular weight is 569 g/mol. The fourth-order valence-electron chi connectivity index (χ4n) is 6.47. The molecule has 7 nitrogen and oxygen atoms in total. The molecule has 1 N–H and O–H groups in total. The molecule has 1 saturated heterocycles. The molecule has 0 bridgehead atoms. The van der Waals surface area contributed by atoms with Crippen LogP contribution in [0, 0.1) is 5.92 Å². The highest BCUT2D eigenvalue weighted by Gasteiger charge is 2.29. The number of unbranched alkanes of at least 4 members (excludes halogenated alkanes) is 4. The number of carbonyl (C=O) groups is 2. The van der Waals surface area contributed by atoms with Crippen LogP contribution in [-0.2, 0) is 24.2 Å². The summed E-state index contributed by atoms with van der Waals surface area (Å²) >= 11 is 0. The van der Waals surface area contributed by atoms with Gasteiger partial charge in [-0.1, -0.05) is 63.0 Å². The monoisotopic (exact) mass is 568 g/mol. The minimum atomic E-state index is -0.922. The van der Waals surface area contributed by atoms with Crippen molar-refractivity contribution in [3.8, 4) is 0 Å². The summed E-state index contributed by atoms with van der Waals surface area (Å²) in [5, 5.41) is 10.9. The molecule has 3 aromatic rings. The number of rotatable bonds is 9. The van der Waals surface area contributed by atoms with Gasteiger partial charge in [0.15, 0.2) is 0 Å². The van der Waals surface area contributed by atoms with E-state index in [2.05, 4.69) is 45.7 Å². The lowest BCUT2D eigenvalue weighted by Gasteiger charge is -2.37. The predicted octanol–water partition coefficient (Wildman–Crippen LogP) is 6.66. The van der Waals surface area contributed by atoms with Crippen molar-refractivity contribution in [2.24, 2.45) is 5.92 Å². The lowest BCUT2D eigenvalue weighted by molar-refractivity contribution is -0.136. The van der Waals surface area contributed by atoms with E-state index in [1.165, 1.54) is 36.9 Å². The van der Waals surface area contributed by atoms with Crippen LogP contribution in [0.15, 0.2) is 67.0 Å². The van der Waals surface area contributed by atoms with Crippen molar-refractivity contribution in [1.82, 2.24) is 14.5 Å². The van der Waals surface area contributed by atoms with Crippen molar-refractivity contribution in [2.75, 3.05) is 31.1 Å². The maximum atomic E-state index is 14.1. The standard InChI is InChI=1S/C35H44N4O3/c1-2-3-4-6-10-13-30-31-16-15-27(35(41)42)25-33(31)39-26-28(12-9-7-5-8-11-14-32(30)39)34(40)38-23-21-37(22-24-38)29-17-19-36-20-18-29/h5,7-8,11,15-20,25,28H,2-4,6,9-10,12-14,21-24,26H2,1H3,(H,41,42)/b7-5-,11-8-. The highest BCUT2D eigenvalue weighted by atomic mass is 16.4. The molecule has 1 fully saturated rings. The molecule has 1 aromatic carbocycles. The molecule has 2 aliphatic rings. The number of aromatic carboxylic acids is 1. The van der Waals surface area contributed by atoms with Gasteiger partial charge in [0, 0.05) is 73.8 Å². The van der Waals surface area contributed by atoms with E-state index in [4.69, 9.17) is 0 Å². The number of carboxylic acids is 1. The van der Waals surface area contributed by atoms with Crippen LogP contribution in [0.4, 0.5) is 5.69 Å². The zero-order valence-electron chi connectivity index (χ0n) is 24.9. The number of amides is 1. The van der Waals surface area contributed by atoms with E-state index < -0.39 is 5.97 Å². The zero-order chi connectivity index (χ0) is 29.3. The largest absolute Gasteiger partial charge is 0.478 e. The normalized spacial score (nSPS) is 19.2. The van der Waals surface area contributed by atoms with Crippen LogP contribution < -0.4 is 4.90 Å². The molecular weight excluding hydrogens is 524 g/mol. The number of carbonyl (C=O) groups excluding carboxylic acids is 1. The smallest absolute Gasteiger partial charge is 0.335 e. The Bertz CT molecular complexity index is 1420. The van der Waals surface area contributed by atoms with Crippen LogP contribution in [0.25, 0.3) is 10.9 Å². The number of aryl methyl sites for hydroxylation is 1. The molecular formula is C35H44N4O3. The van der Waals surface area contributed by atoms with E-state index in [1.807, 2.05) is 41.6 Å². The summed E-state index contributed by atoms with van der Waals surface area (Å²) in [5.74, 6) is -0.900. The van der Waals surface area contributed by atoms with Crippen LogP contribution in [-0.4, -0.2) is 57.6 Å². The van der Waals surface area contributed by atoms with Crippen molar-refractivity contribution in [1.29, 1.82) is 0 Å². The summed E-state index contributed by atoms with van der Waals surface area (Å²) in [4.78, 5) is 34.5. The van der Waals surface area contributed by atoms with Crippen LogP contribution in [0.5, 0.6) is 0 Å². The average Bonchev–Trinajstić information content (AvgIpc) is 3.28. The van der Waals surface area contributed by atoms with E-state index in [9.17, 15) is 14.7 Å². The van der Waals surface area contributed by atoms with Gasteiger partial charge in [0.2, 0.25) is 5.91 Å². The fraction of sp³-hybridized carbons (Fsp3) is 0.457. The first-order valence-corrected chi connectivity index (χ1v) is 15.7. The molecule has 1 unspecified atom stereocenters. The summed E-state index contributed by atoms with van der Waals surface area (Å²) < 4.78 is 2.29. The van der Waals surface area contributed by atoms with Crippen LogP contribution >= 0.6 is 0 Å². The Labute approximate surface area is 249 Å². The number of anilines is 1. The third-order valence-corrected chi connectivity index (χ3v) is 8.81. The Hall–Kier alpha value is -3.87. The van der Waals surface area contributed by atoms with Gasteiger partial charge >= 0.3 is 5.97 Å². The Kier molecular flexibility index (Phi) is 10.1. The quantitative estimate of drug-likeness (QED) is 0.292. The molecule has 222 valence electrons. The van der Waals surface area contributed by atoms with Crippen molar-refractivity contribution in [3.05, 3.63) is 83.9 Å². The molecule has 4 heterocycles. The first-order valence-electron chi connectivity index (χ1n) is 15.7. The summed E-state index contributed by atoms with van der Waals surface area (Å²) in [6.07, 6.45) is 21.5. The number of carboxylic acid groups (broad SMARTS) is 1. The molecule has 0 spiro atoms. The second-order valence-corrected chi connectivity index (χ2v) is 11.6. The van der Waals surface area contributed by atoms with Crippen LogP contribution in [0.1, 0.15) is 73.5 Å². The second kappa shape index (κ2) is 14.3. The summed E-state index contributed by atoms with van der Waals surface area (Å²) in [6.45, 7) is 5.79. The lowest BCUT2D eigenvalue weighted by atomic mass is 9.99. The van der Waals surface area contributed by atoms with Gasteiger partial charge in [-0.15, -0.1) is 0 Å². The van der Waals surface area contributed by atoms with Gasteiger partial charge in [-0.05, 0) is 55.5 Å². The van der Waals surface area contributed by atoms with Crippen LogP contribution in [0.3, 0.4) is 0 Å². The number of hydrogen-bond donors (Lipinski definition) is 1. The van der Waals surface area contributed by atoms with E-state index >= 15 is 0 Å². The molecule has 1 atom stereocenters. The third-order valence-electron chi connectivity index (χ3n) is 8.81. The lowest BCUT2D eigenvalue weighted by Crippen LogP contribution is -2.51. The van der Waals surface area contributed by atoms with E-state index in [0.717, 1.165) is 61.8 Å². The summed E-state index contributed by atoms with van der Waals surface area (Å²) in [6, 6.07) is 9.58. The highest BCUT2D eigenvalue weighted by Crippen LogP contribution is 2.32. The molecule has 2 aromatic heterocycles. The van der Waals surface area contributed by atoms with E-state index in [-0.39, 0.29) is 11.8 Å². The molecule has 5 rings (SSSR count). The molecule has 42 heavy (non-hydrogen) atoms. The number of benzene rings is 1. The zero-order valence-corrected chi connectivity index (χ0v) is 24.9. The number of pyridine rings is 1. The van der Waals surface area contributed by atoms with Gasteiger partial charge in [0.25, 0.3) is 0 Å². The Morgan fingerprint density at radius 2 is 1.71 bits per heavy atom. The minimum Gasteiger partial charge on any atom is -0.478 e. The molecule has 7 heteroatoms. The minimum absolute atomic E-state index is 0.180. The van der Waals surface area contributed by atoms with Crippen molar-refractivity contribution < 1.29 is 14.7 Å². The number of aromatic nitrogens is 2. The van der Waals surface area contributed by atoms with Gasteiger partial charge in [-0.2, -0.15) is 0 Å². The van der Waals surface area contributed by atoms with Crippen molar-refractivity contribution in [3.63, 3.8) is 0 Å².